The Morgan fingerprint density at radius 3 is 2.20 bits per heavy atom. The van der Waals surface area contributed by atoms with Crippen molar-refractivity contribution in [3.05, 3.63) is 157 Å². The van der Waals surface area contributed by atoms with Crippen LogP contribution in [0, 0.1) is 5.92 Å². The third kappa shape index (κ3) is 4.99. The first-order valence-corrected chi connectivity index (χ1v) is 14.1. The summed E-state index contributed by atoms with van der Waals surface area (Å²) in [5.74, 6) is 1.23. The lowest BCUT2D eigenvalue weighted by molar-refractivity contribution is 0.651. The predicted molar refractivity (Wildman–Crippen MR) is 169 cm³/mol. The summed E-state index contributed by atoms with van der Waals surface area (Å²) in [6.45, 7) is 2.31. The topological polar surface area (TPSA) is 38.7 Å². The predicted octanol–water partition coefficient (Wildman–Crippen LogP) is 9.40. The van der Waals surface area contributed by atoms with Crippen LogP contribution in [0.2, 0.25) is 0 Å². The summed E-state index contributed by atoms with van der Waals surface area (Å²) < 4.78 is 0. The lowest BCUT2D eigenvalue weighted by Crippen LogP contribution is -2.14. The minimum Gasteiger partial charge on any atom is -0.264 e. The summed E-state index contributed by atoms with van der Waals surface area (Å²) in [7, 11) is 0. The Morgan fingerprint density at radius 2 is 1.34 bits per heavy atom. The van der Waals surface area contributed by atoms with Gasteiger partial charge < -0.3 is 0 Å². The molecule has 1 aliphatic rings. The molecule has 2 unspecified atom stereocenters. The van der Waals surface area contributed by atoms with Crippen molar-refractivity contribution in [2.45, 2.75) is 12.8 Å². The van der Waals surface area contributed by atoms with E-state index in [4.69, 9.17) is 9.97 Å². The lowest BCUT2D eigenvalue weighted by atomic mass is 9.77. The van der Waals surface area contributed by atoms with E-state index in [0.717, 1.165) is 39.5 Å². The van der Waals surface area contributed by atoms with E-state index in [1.54, 1.807) is 6.20 Å². The first-order chi connectivity index (χ1) is 20.2. The number of benzene rings is 4. The number of fused-ring (bicyclic) bond motifs is 1. The van der Waals surface area contributed by atoms with Gasteiger partial charge in [-0.15, -0.1) is 0 Å². The molecular weight excluding hydrogens is 498 g/mol. The van der Waals surface area contributed by atoms with Gasteiger partial charge in [-0.05, 0) is 51.6 Å². The highest BCUT2D eigenvalue weighted by molar-refractivity contribution is 5.84. The van der Waals surface area contributed by atoms with Gasteiger partial charge in [0.05, 0.1) is 11.4 Å². The zero-order valence-corrected chi connectivity index (χ0v) is 22.9. The second kappa shape index (κ2) is 10.8. The molecule has 0 saturated heterocycles. The molecule has 0 aliphatic heterocycles. The number of hydrogen-bond acceptors (Lipinski definition) is 3. The van der Waals surface area contributed by atoms with Crippen molar-refractivity contribution in [2.75, 3.05) is 0 Å². The first kappa shape index (κ1) is 24.9. The summed E-state index contributed by atoms with van der Waals surface area (Å²) in [6, 6.07) is 40.3. The molecule has 0 fully saturated rings. The average molecular weight is 528 g/mol. The number of pyridine rings is 1. The van der Waals surface area contributed by atoms with Crippen molar-refractivity contribution in [1.82, 2.24) is 15.0 Å². The molecule has 2 atom stereocenters. The van der Waals surface area contributed by atoms with Crippen LogP contribution in [0.15, 0.2) is 146 Å². The fourth-order valence-corrected chi connectivity index (χ4v) is 5.78. The third-order valence-corrected chi connectivity index (χ3v) is 7.99. The van der Waals surface area contributed by atoms with Crippen LogP contribution in [-0.2, 0) is 0 Å². The van der Waals surface area contributed by atoms with E-state index in [9.17, 15) is 0 Å². The van der Waals surface area contributed by atoms with Gasteiger partial charge in [0.25, 0.3) is 0 Å². The highest BCUT2D eigenvalue weighted by Crippen LogP contribution is 2.40. The minimum atomic E-state index is 0.245. The number of nitrogens with zero attached hydrogens (tertiary/aromatic N) is 3. The van der Waals surface area contributed by atoms with Gasteiger partial charge in [-0.1, -0.05) is 122 Å². The van der Waals surface area contributed by atoms with E-state index in [1.165, 1.54) is 21.9 Å². The van der Waals surface area contributed by atoms with Crippen molar-refractivity contribution >= 4 is 16.3 Å². The number of aromatic nitrogens is 3. The molecule has 0 spiro atoms. The lowest BCUT2D eigenvalue weighted by Gasteiger charge is -2.27. The van der Waals surface area contributed by atoms with Crippen molar-refractivity contribution in [3.8, 4) is 33.8 Å². The van der Waals surface area contributed by atoms with Crippen LogP contribution in [0.1, 0.15) is 24.1 Å². The van der Waals surface area contributed by atoms with Crippen LogP contribution in [-0.4, -0.2) is 15.0 Å². The second-order valence-corrected chi connectivity index (χ2v) is 10.6. The fourth-order valence-electron chi connectivity index (χ4n) is 5.78. The summed E-state index contributed by atoms with van der Waals surface area (Å²) in [5, 5.41) is 2.53. The summed E-state index contributed by atoms with van der Waals surface area (Å²) in [6.07, 6.45) is 10.4. The molecule has 2 aromatic heterocycles. The summed E-state index contributed by atoms with van der Waals surface area (Å²) in [4.78, 5) is 14.5. The van der Waals surface area contributed by atoms with Gasteiger partial charge in [0.2, 0.25) is 0 Å². The van der Waals surface area contributed by atoms with Gasteiger partial charge >= 0.3 is 0 Å². The Morgan fingerprint density at radius 1 is 0.585 bits per heavy atom. The molecule has 196 valence electrons. The van der Waals surface area contributed by atoms with Crippen LogP contribution in [0.3, 0.4) is 0 Å². The maximum Gasteiger partial charge on any atom is 0.160 e. The Bertz CT molecular complexity index is 1910. The van der Waals surface area contributed by atoms with Gasteiger partial charge in [-0.25, -0.2) is 9.97 Å². The molecule has 3 heteroatoms. The molecule has 41 heavy (non-hydrogen) atoms. The molecule has 4 aromatic carbocycles. The van der Waals surface area contributed by atoms with Gasteiger partial charge in [0.15, 0.2) is 5.82 Å². The van der Waals surface area contributed by atoms with Crippen LogP contribution in [0.5, 0.6) is 0 Å². The van der Waals surface area contributed by atoms with E-state index in [2.05, 4.69) is 121 Å². The van der Waals surface area contributed by atoms with Gasteiger partial charge in [-0.3, -0.25) is 4.98 Å². The van der Waals surface area contributed by atoms with Crippen LogP contribution in [0.4, 0.5) is 0 Å². The molecule has 0 radical (unpaired) electrons. The molecule has 0 saturated carbocycles. The Balaban J connectivity index is 1.31. The average Bonchev–Trinajstić information content (AvgIpc) is 3.05. The molecular formula is C38H29N3. The molecule has 0 bridgehead atoms. The number of hydrogen-bond donors (Lipinski definition) is 0. The molecule has 2 heterocycles. The molecule has 0 amide bonds. The molecule has 6 aromatic rings. The van der Waals surface area contributed by atoms with Crippen molar-refractivity contribution in [3.63, 3.8) is 0 Å². The van der Waals surface area contributed by atoms with Crippen molar-refractivity contribution in [1.29, 1.82) is 0 Å². The molecule has 3 nitrogen and oxygen atoms in total. The van der Waals surface area contributed by atoms with E-state index in [-0.39, 0.29) is 11.8 Å². The second-order valence-electron chi connectivity index (χ2n) is 10.6. The molecule has 1 aliphatic carbocycles. The first-order valence-electron chi connectivity index (χ1n) is 14.1. The van der Waals surface area contributed by atoms with Gasteiger partial charge in [-0.2, -0.15) is 0 Å². The fraction of sp³-hybridized carbons (Fsp3) is 0.0789. The zero-order chi connectivity index (χ0) is 27.6. The van der Waals surface area contributed by atoms with Gasteiger partial charge in [0, 0.05) is 35.0 Å². The van der Waals surface area contributed by atoms with Gasteiger partial charge in [0.1, 0.15) is 0 Å². The SMILES string of the molecule is CC1C(c2cc(-c3cccc(-c4cccnc4)c3)nc(-c3ccccc3)n2)=CC=CC1c1ccc2ccccc2c1. The monoisotopic (exact) mass is 527 g/mol. The quantitative estimate of drug-likeness (QED) is 0.224. The highest BCUT2D eigenvalue weighted by Gasteiger charge is 2.26. The normalized spacial score (nSPS) is 16.5. The maximum absolute atomic E-state index is 5.14. The Labute approximate surface area is 240 Å². The highest BCUT2D eigenvalue weighted by atomic mass is 14.9. The number of allylic oxidation sites excluding steroid dienone is 4. The minimum absolute atomic E-state index is 0.245. The molecule has 0 N–H and O–H groups in total. The number of rotatable bonds is 5. The van der Waals surface area contributed by atoms with Crippen molar-refractivity contribution in [2.24, 2.45) is 5.92 Å². The standard InChI is InChI=1S/C38H29N3/c1-26-34(31-20-19-27-10-5-6-13-29(27)22-31)17-8-18-35(26)37-24-36(40-38(41-37)28-11-3-2-4-12-28)32-15-7-14-30(23-32)33-16-9-21-39-25-33/h2-26,34H,1H3. The largest absolute Gasteiger partial charge is 0.264 e. The van der Waals surface area contributed by atoms with Crippen molar-refractivity contribution < 1.29 is 0 Å². The van der Waals surface area contributed by atoms with E-state index < -0.39 is 0 Å². The van der Waals surface area contributed by atoms with Crippen LogP contribution in [0.25, 0.3) is 50.1 Å². The summed E-state index contributed by atoms with van der Waals surface area (Å²) >= 11 is 0. The Hall–Kier alpha value is -5.15. The van der Waals surface area contributed by atoms with Crippen LogP contribution < -0.4 is 0 Å². The van der Waals surface area contributed by atoms with Crippen LogP contribution >= 0.6 is 0 Å². The zero-order valence-electron chi connectivity index (χ0n) is 22.9. The molecule has 7 rings (SSSR count). The smallest absolute Gasteiger partial charge is 0.160 e. The maximum atomic E-state index is 5.14. The third-order valence-electron chi connectivity index (χ3n) is 7.99. The Kier molecular flexibility index (Phi) is 6.54. The van der Waals surface area contributed by atoms with E-state index in [1.807, 2.05) is 30.5 Å². The summed E-state index contributed by atoms with van der Waals surface area (Å²) in [5.41, 5.74) is 8.66. The van der Waals surface area contributed by atoms with E-state index in [0.29, 0.717) is 0 Å². The van der Waals surface area contributed by atoms with E-state index >= 15 is 0 Å².